The number of hydrogen-bond acceptors (Lipinski definition) is 5. The Morgan fingerprint density at radius 2 is 2.15 bits per heavy atom. The lowest BCUT2D eigenvalue weighted by Crippen LogP contribution is -2.41. The van der Waals surface area contributed by atoms with E-state index in [9.17, 15) is 9.90 Å². The van der Waals surface area contributed by atoms with Crippen molar-refractivity contribution < 1.29 is 9.90 Å². The Morgan fingerprint density at radius 1 is 1.38 bits per heavy atom. The molecule has 0 aliphatic heterocycles. The van der Waals surface area contributed by atoms with Crippen molar-refractivity contribution in [2.75, 3.05) is 5.75 Å². The van der Waals surface area contributed by atoms with E-state index in [0.29, 0.717) is 28.2 Å². The lowest BCUT2D eigenvalue weighted by molar-refractivity contribution is -0.119. The minimum absolute atomic E-state index is 0.0311. The molecule has 1 aromatic heterocycles. The number of aromatic nitrogens is 3. The van der Waals surface area contributed by atoms with Crippen LogP contribution in [0.1, 0.15) is 32.6 Å². The maximum atomic E-state index is 12.3. The topological polar surface area (TPSA) is 80.0 Å². The zero-order chi connectivity index (χ0) is 18.7. The molecule has 3 rings (SSSR count). The van der Waals surface area contributed by atoms with E-state index in [4.69, 9.17) is 0 Å². The number of carbonyl (C=O) groups is 1. The van der Waals surface area contributed by atoms with Crippen LogP contribution >= 0.6 is 27.7 Å². The second kappa shape index (κ2) is 8.43. The third kappa shape index (κ3) is 4.40. The molecule has 0 saturated heterocycles. The van der Waals surface area contributed by atoms with Gasteiger partial charge in [-0.05, 0) is 37.0 Å². The summed E-state index contributed by atoms with van der Waals surface area (Å²) in [5.74, 6) is 1.58. The number of nitrogens with one attached hydrogen (secondary N) is 1. The fourth-order valence-corrected chi connectivity index (χ4v) is 4.36. The van der Waals surface area contributed by atoms with Gasteiger partial charge in [0.15, 0.2) is 11.0 Å². The molecule has 2 aromatic rings. The molecule has 2 atom stereocenters. The van der Waals surface area contributed by atoms with Gasteiger partial charge in [0.2, 0.25) is 5.91 Å². The SMILES string of the molecule is CC1CCCCC1NC(=O)CSc1nnc(-c2cc(Br)ccc2O)n1C. The van der Waals surface area contributed by atoms with Gasteiger partial charge in [0, 0.05) is 17.6 Å². The number of nitrogens with zero attached hydrogens (tertiary/aromatic N) is 3. The van der Waals surface area contributed by atoms with E-state index in [1.807, 2.05) is 7.05 Å². The molecule has 1 amide bonds. The Balaban J connectivity index is 1.63. The molecular formula is C18H23BrN4O2S. The first-order chi connectivity index (χ1) is 12.5. The third-order valence-electron chi connectivity index (χ3n) is 4.82. The van der Waals surface area contributed by atoms with Gasteiger partial charge in [0.05, 0.1) is 11.3 Å². The molecule has 140 valence electrons. The zero-order valence-electron chi connectivity index (χ0n) is 14.9. The number of halogens is 1. The predicted molar refractivity (Wildman–Crippen MR) is 106 cm³/mol. The Bertz CT molecular complexity index is 795. The van der Waals surface area contributed by atoms with Crippen LogP contribution in [0, 0.1) is 5.92 Å². The van der Waals surface area contributed by atoms with Gasteiger partial charge in [0.25, 0.3) is 0 Å². The van der Waals surface area contributed by atoms with Crippen LogP contribution in [-0.4, -0.2) is 37.6 Å². The van der Waals surface area contributed by atoms with Crippen molar-refractivity contribution in [2.24, 2.45) is 13.0 Å². The number of phenolic OH excluding ortho intramolecular Hbond substituents is 1. The minimum Gasteiger partial charge on any atom is -0.507 e. The molecule has 8 heteroatoms. The van der Waals surface area contributed by atoms with E-state index < -0.39 is 0 Å². The van der Waals surface area contributed by atoms with Crippen LogP contribution in [-0.2, 0) is 11.8 Å². The van der Waals surface area contributed by atoms with Crippen molar-refractivity contribution in [3.05, 3.63) is 22.7 Å². The van der Waals surface area contributed by atoms with E-state index in [0.717, 1.165) is 10.9 Å². The number of amides is 1. The molecule has 1 aliphatic rings. The Morgan fingerprint density at radius 3 is 2.92 bits per heavy atom. The molecule has 1 aliphatic carbocycles. The number of hydrogen-bond donors (Lipinski definition) is 2. The average molecular weight is 439 g/mol. The summed E-state index contributed by atoms with van der Waals surface area (Å²) >= 11 is 4.75. The predicted octanol–water partition coefficient (Wildman–Crippen LogP) is 3.74. The van der Waals surface area contributed by atoms with Crippen molar-refractivity contribution in [1.82, 2.24) is 20.1 Å². The average Bonchev–Trinajstić information content (AvgIpc) is 2.98. The second-order valence-electron chi connectivity index (χ2n) is 6.75. The monoisotopic (exact) mass is 438 g/mol. The summed E-state index contributed by atoms with van der Waals surface area (Å²) in [4.78, 5) is 12.3. The molecule has 26 heavy (non-hydrogen) atoms. The van der Waals surface area contributed by atoms with Crippen LogP contribution in [0.15, 0.2) is 27.8 Å². The number of thioether (sulfide) groups is 1. The fourth-order valence-electron chi connectivity index (χ4n) is 3.27. The normalized spacial score (nSPS) is 20.1. The Hall–Kier alpha value is -1.54. The van der Waals surface area contributed by atoms with Crippen LogP contribution in [0.2, 0.25) is 0 Å². The highest BCUT2D eigenvalue weighted by atomic mass is 79.9. The van der Waals surface area contributed by atoms with Crippen LogP contribution in [0.25, 0.3) is 11.4 Å². The van der Waals surface area contributed by atoms with Gasteiger partial charge in [-0.3, -0.25) is 4.79 Å². The summed E-state index contributed by atoms with van der Waals surface area (Å²) in [5, 5.41) is 22.2. The summed E-state index contributed by atoms with van der Waals surface area (Å²) in [7, 11) is 1.83. The molecule has 2 unspecified atom stereocenters. The van der Waals surface area contributed by atoms with Crippen molar-refractivity contribution in [3.63, 3.8) is 0 Å². The lowest BCUT2D eigenvalue weighted by atomic mass is 9.86. The van der Waals surface area contributed by atoms with Gasteiger partial charge in [0.1, 0.15) is 5.75 Å². The maximum absolute atomic E-state index is 12.3. The van der Waals surface area contributed by atoms with Crippen LogP contribution < -0.4 is 5.32 Å². The summed E-state index contributed by atoms with van der Waals surface area (Å²) in [5.41, 5.74) is 0.599. The minimum atomic E-state index is 0.0311. The summed E-state index contributed by atoms with van der Waals surface area (Å²) in [6.45, 7) is 2.21. The first kappa shape index (κ1) is 19.2. The van der Waals surface area contributed by atoms with Crippen LogP contribution in [0.4, 0.5) is 0 Å². The van der Waals surface area contributed by atoms with Gasteiger partial charge >= 0.3 is 0 Å². The standard InChI is InChI=1S/C18H23BrN4O2S/c1-11-5-3-4-6-14(11)20-16(25)10-26-18-22-21-17(23(18)2)13-9-12(19)7-8-15(13)24/h7-9,11,14,24H,3-6,10H2,1-2H3,(H,20,25). The fraction of sp³-hybridized carbons (Fsp3) is 0.500. The van der Waals surface area contributed by atoms with E-state index in [1.165, 1.54) is 31.0 Å². The van der Waals surface area contributed by atoms with E-state index in [2.05, 4.69) is 38.4 Å². The van der Waals surface area contributed by atoms with Gasteiger partial charge in [-0.25, -0.2) is 0 Å². The van der Waals surface area contributed by atoms with Crippen molar-refractivity contribution >= 4 is 33.6 Å². The van der Waals surface area contributed by atoms with Crippen molar-refractivity contribution in [1.29, 1.82) is 0 Å². The zero-order valence-corrected chi connectivity index (χ0v) is 17.3. The van der Waals surface area contributed by atoms with Gasteiger partial charge in [-0.2, -0.15) is 0 Å². The maximum Gasteiger partial charge on any atom is 0.230 e. The molecule has 1 fully saturated rings. The molecule has 0 bridgehead atoms. The summed E-state index contributed by atoms with van der Waals surface area (Å²) < 4.78 is 2.64. The second-order valence-corrected chi connectivity index (χ2v) is 8.61. The van der Waals surface area contributed by atoms with Crippen LogP contribution in [0.3, 0.4) is 0 Å². The number of rotatable bonds is 5. The smallest absolute Gasteiger partial charge is 0.230 e. The highest BCUT2D eigenvalue weighted by Gasteiger charge is 2.23. The molecule has 2 N–H and O–H groups in total. The molecule has 1 heterocycles. The van der Waals surface area contributed by atoms with Crippen molar-refractivity contribution in [2.45, 2.75) is 43.8 Å². The van der Waals surface area contributed by atoms with E-state index in [1.54, 1.807) is 22.8 Å². The third-order valence-corrected chi connectivity index (χ3v) is 6.34. The number of carbonyl (C=O) groups excluding carboxylic acids is 1. The first-order valence-corrected chi connectivity index (χ1v) is 10.5. The van der Waals surface area contributed by atoms with Crippen molar-refractivity contribution in [3.8, 4) is 17.1 Å². The van der Waals surface area contributed by atoms with Gasteiger partial charge < -0.3 is 15.0 Å². The summed E-state index contributed by atoms with van der Waals surface area (Å²) in [6.07, 6.45) is 4.69. The lowest BCUT2D eigenvalue weighted by Gasteiger charge is -2.29. The van der Waals surface area contributed by atoms with Crippen LogP contribution in [0.5, 0.6) is 5.75 Å². The van der Waals surface area contributed by atoms with E-state index in [-0.39, 0.29) is 17.7 Å². The molecule has 1 aromatic carbocycles. The Kier molecular flexibility index (Phi) is 6.24. The van der Waals surface area contributed by atoms with Gasteiger partial charge in [-0.1, -0.05) is 47.5 Å². The molecule has 1 saturated carbocycles. The Labute approximate surface area is 165 Å². The molecule has 0 spiro atoms. The number of benzene rings is 1. The molecule has 0 radical (unpaired) electrons. The van der Waals surface area contributed by atoms with E-state index >= 15 is 0 Å². The number of aromatic hydroxyl groups is 1. The molecular weight excluding hydrogens is 416 g/mol. The molecule has 6 nitrogen and oxygen atoms in total. The largest absolute Gasteiger partial charge is 0.507 e. The highest BCUT2D eigenvalue weighted by Crippen LogP contribution is 2.32. The quantitative estimate of drug-likeness (QED) is 0.694. The van der Waals surface area contributed by atoms with Gasteiger partial charge in [-0.15, -0.1) is 10.2 Å². The number of phenols is 1. The summed E-state index contributed by atoms with van der Waals surface area (Å²) in [6, 6.07) is 5.46. The highest BCUT2D eigenvalue weighted by molar-refractivity contribution is 9.10. The first-order valence-electron chi connectivity index (χ1n) is 8.76.